The third-order valence-corrected chi connectivity index (χ3v) is 6.12. The molecule has 1 atom stereocenters. The minimum Gasteiger partial charge on any atom is -0.457 e. The van der Waals surface area contributed by atoms with Gasteiger partial charge in [-0.15, -0.1) is 0 Å². The molecule has 0 fully saturated rings. The fourth-order valence-corrected chi connectivity index (χ4v) is 4.40. The Balaban J connectivity index is 1.61. The van der Waals surface area contributed by atoms with Gasteiger partial charge in [-0.2, -0.15) is 13.2 Å². The number of halogens is 3. The second-order valence-corrected chi connectivity index (χ2v) is 8.76. The number of hydrogen-bond acceptors (Lipinski definition) is 3. The number of nitrogens with zero attached hydrogens (tertiary/aromatic N) is 1. The molecule has 1 unspecified atom stereocenters. The molecule has 1 aliphatic heterocycles. The lowest BCUT2D eigenvalue weighted by Gasteiger charge is -2.38. The Hall–Kier alpha value is -4.00. The first-order valence-corrected chi connectivity index (χ1v) is 11.3. The molecule has 0 radical (unpaired) electrons. The summed E-state index contributed by atoms with van der Waals surface area (Å²) < 4.78 is 45.7. The Bertz CT molecular complexity index is 1390. The molecule has 0 spiro atoms. The molecule has 5 rings (SSSR count). The molecule has 178 valence electrons. The Labute approximate surface area is 201 Å². The first kappa shape index (κ1) is 22.8. The molecule has 1 aromatic heterocycles. The monoisotopic (exact) mass is 476 g/mol. The molecule has 7 heteroatoms. The van der Waals surface area contributed by atoms with Gasteiger partial charge in [-0.1, -0.05) is 56.3 Å². The van der Waals surface area contributed by atoms with Crippen molar-refractivity contribution in [2.75, 3.05) is 10.2 Å². The highest BCUT2D eigenvalue weighted by Crippen LogP contribution is 2.41. The van der Waals surface area contributed by atoms with Gasteiger partial charge in [-0.25, -0.2) is 0 Å². The van der Waals surface area contributed by atoms with Gasteiger partial charge >= 0.3 is 6.18 Å². The number of nitrogens with one attached hydrogen (secondary N) is 1. The van der Waals surface area contributed by atoms with Crippen molar-refractivity contribution < 1.29 is 22.4 Å². The van der Waals surface area contributed by atoms with Crippen LogP contribution in [0.1, 0.15) is 53.2 Å². The Morgan fingerprint density at radius 3 is 2.43 bits per heavy atom. The summed E-state index contributed by atoms with van der Waals surface area (Å²) in [4.78, 5) is 15.4. The number of para-hydroxylation sites is 2. The molecule has 1 aliphatic rings. The molecule has 35 heavy (non-hydrogen) atoms. The van der Waals surface area contributed by atoms with Gasteiger partial charge in [0.15, 0.2) is 6.17 Å². The molecular formula is C28H23F3N2O2. The number of carbonyl (C=O) groups is 1. The van der Waals surface area contributed by atoms with E-state index >= 15 is 0 Å². The Morgan fingerprint density at radius 1 is 0.914 bits per heavy atom. The number of carbonyl (C=O) groups excluding carboxylic acids is 1. The molecule has 1 N–H and O–H groups in total. The molecule has 0 bridgehead atoms. The van der Waals surface area contributed by atoms with E-state index in [-0.39, 0.29) is 17.6 Å². The predicted octanol–water partition coefficient (Wildman–Crippen LogP) is 7.86. The van der Waals surface area contributed by atoms with E-state index in [0.29, 0.717) is 22.6 Å². The van der Waals surface area contributed by atoms with Crippen LogP contribution < -0.4 is 10.2 Å². The highest BCUT2D eigenvalue weighted by atomic mass is 19.4. The van der Waals surface area contributed by atoms with Crippen LogP contribution in [0, 0.1) is 0 Å². The van der Waals surface area contributed by atoms with Gasteiger partial charge in [-0.05, 0) is 53.9 Å². The normalized spacial score (nSPS) is 15.8. The zero-order chi connectivity index (χ0) is 24.7. The average molecular weight is 476 g/mol. The predicted molar refractivity (Wildman–Crippen MR) is 129 cm³/mol. The second kappa shape index (κ2) is 8.65. The summed E-state index contributed by atoms with van der Waals surface area (Å²) in [5.74, 6) is 0.679. The van der Waals surface area contributed by atoms with Crippen molar-refractivity contribution in [2.45, 2.75) is 32.1 Å². The zero-order valence-electron chi connectivity index (χ0n) is 19.1. The second-order valence-electron chi connectivity index (χ2n) is 8.76. The molecule has 3 aromatic carbocycles. The number of fused-ring (bicyclic) bond motifs is 1. The van der Waals surface area contributed by atoms with Crippen molar-refractivity contribution in [3.05, 3.63) is 107 Å². The fraction of sp³-hybridized carbons (Fsp3) is 0.179. The van der Waals surface area contributed by atoms with Crippen LogP contribution in [0.15, 0.2) is 89.3 Å². The fourth-order valence-electron chi connectivity index (χ4n) is 4.40. The van der Waals surface area contributed by atoms with Crippen LogP contribution in [-0.4, -0.2) is 5.91 Å². The molecule has 0 saturated heterocycles. The standard InChI is InChI=1S/C28H23F3N2O2/c1-17(2)20-10-4-6-13-23(20)33-26(32-22-12-5-3-11-21(22)27(33)34)25-15-14-24(35-25)18-8-7-9-19(16-18)28(29,30)31/h3-17,26,32H,1-2H3. The van der Waals surface area contributed by atoms with Gasteiger partial charge in [0.1, 0.15) is 11.5 Å². The number of alkyl halides is 3. The Morgan fingerprint density at radius 2 is 1.66 bits per heavy atom. The molecule has 4 aromatic rings. The maximum atomic E-state index is 13.7. The summed E-state index contributed by atoms with van der Waals surface area (Å²) in [6.07, 6.45) is -5.14. The van der Waals surface area contributed by atoms with E-state index in [0.717, 1.165) is 23.4 Å². The lowest BCUT2D eigenvalue weighted by Crippen LogP contribution is -2.43. The molecule has 0 aliphatic carbocycles. The van der Waals surface area contributed by atoms with Gasteiger partial charge in [0.25, 0.3) is 5.91 Å². The number of benzene rings is 3. The van der Waals surface area contributed by atoms with Crippen LogP contribution in [0.5, 0.6) is 0 Å². The third kappa shape index (κ3) is 4.18. The van der Waals surface area contributed by atoms with Crippen molar-refractivity contribution >= 4 is 17.3 Å². The van der Waals surface area contributed by atoms with Crippen molar-refractivity contribution in [3.63, 3.8) is 0 Å². The van der Waals surface area contributed by atoms with E-state index in [4.69, 9.17) is 4.42 Å². The molecule has 2 heterocycles. The largest absolute Gasteiger partial charge is 0.457 e. The molecular weight excluding hydrogens is 453 g/mol. The number of amides is 1. The van der Waals surface area contributed by atoms with Crippen molar-refractivity contribution in [2.24, 2.45) is 0 Å². The highest BCUT2D eigenvalue weighted by Gasteiger charge is 2.37. The average Bonchev–Trinajstić information content (AvgIpc) is 3.34. The third-order valence-electron chi connectivity index (χ3n) is 6.12. The van der Waals surface area contributed by atoms with Crippen LogP contribution in [0.3, 0.4) is 0 Å². The van der Waals surface area contributed by atoms with Crippen LogP contribution in [-0.2, 0) is 6.18 Å². The topological polar surface area (TPSA) is 45.5 Å². The van der Waals surface area contributed by atoms with Gasteiger partial charge in [-0.3, -0.25) is 9.69 Å². The van der Waals surface area contributed by atoms with Gasteiger partial charge in [0, 0.05) is 11.3 Å². The number of hydrogen-bond donors (Lipinski definition) is 1. The Kier molecular flexibility index (Phi) is 5.63. The number of rotatable bonds is 4. The highest BCUT2D eigenvalue weighted by molar-refractivity contribution is 6.12. The quantitative estimate of drug-likeness (QED) is 0.326. The first-order valence-electron chi connectivity index (χ1n) is 11.3. The molecule has 4 nitrogen and oxygen atoms in total. The summed E-state index contributed by atoms with van der Waals surface area (Å²) in [5, 5.41) is 3.39. The maximum Gasteiger partial charge on any atom is 0.416 e. The summed E-state index contributed by atoms with van der Waals surface area (Å²) in [5.41, 5.74) is 2.50. The van der Waals surface area contributed by atoms with Gasteiger partial charge in [0.05, 0.1) is 16.8 Å². The van der Waals surface area contributed by atoms with Gasteiger partial charge in [0.2, 0.25) is 0 Å². The zero-order valence-corrected chi connectivity index (χ0v) is 19.1. The SMILES string of the molecule is CC(C)c1ccccc1N1C(=O)c2ccccc2NC1c1ccc(-c2cccc(C(F)(F)F)c2)o1. The van der Waals surface area contributed by atoms with E-state index in [2.05, 4.69) is 19.2 Å². The summed E-state index contributed by atoms with van der Waals surface area (Å²) >= 11 is 0. The van der Waals surface area contributed by atoms with Crippen LogP contribution in [0.4, 0.5) is 24.5 Å². The van der Waals surface area contributed by atoms with E-state index in [1.54, 1.807) is 29.2 Å². The van der Waals surface area contributed by atoms with Crippen LogP contribution in [0.2, 0.25) is 0 Å². The van der Waals surface area contributed by atoms with Crippen LogP contribution >= 0.6 is 0 Å². The lowest BCUT2D eigenvalue weighted by molar-refractivity contribution is -0.137. The number of furan rings is 1. The summed E-state index contributed by atoms with van der Waals surface area (Å²) in [6, 6.07) is 23.3. The molecule has 1 amide bonds. The van der Waals surface area contributed by atoms with E-state index < -0.39 is 17.9 Å². The minimum atomic E-state index is -4.45. The first-order chi connectivity index (χ1) is 16.7. The van der Waals surface area contributed by atoms with Crippen molar-refractivity contribution in [1.82, 2.24) is 0 Å². The van der Waals surface area contributed by atoms with Crippen molar-refractivity contribution in [1.29, 1.82) is 0 Å². The molecule has 0 saturated carbocycles. The van der Waals surface area contributed by atoms with E-state index in [1.165, 1.54) is 6.07 Å². The van der Waals surface area contributed by atoms with Crippen molar-refractivity contribution in [3.8, 4) is 11.3 Å². The van der Waals surface area contributed by atoms with E-state index in [1.807, 2.05) is 42.5 Å². The van der Waals surface area contributed by atoms with Crippen LogP contribution in [0.25, 0.3) is 11.3 Å². The number of anilines is 2. The lowest BCUT2D eigenvalue weighted by atomic mass is 9.98. The smallest absolute Gasteiger partial charge is 0.416 e. The van der Waals surface area contributed by atoms with Gasteiger partial charge < -0.3 is 9.73 Å². The minimum absolute atomic E-state index is 0.161. The summed E-state index contributed by atoms with van der Waals surface area (Å²) in [6.45, 7) is 4.12. The van der Waals surface area contributed by atoms with E-state index in [9.17, 15) is 18.0 Å². The maximum absolute atomic E-state index is 13.7. The summed E-state index contributed by atoms with van der Waals surface area (Å²) in [7, 11) is 0.